The van der Waals surface area contributed by atoms with Crippen LogP contribution >= 0.6 is 23.2 Å². The molecule has 0 aliphatic heterocycles. The molecule has 1 atom stereocenters. The zero-order chi connectivity index (χ0) is 15.4. The Balaban J connectivity index is 2.33. The third-order valence-electron chi connectivity index (χ3n) is 3.09. The molecule has 0 saturated carbocycles. The average Bonchev–Trinajstić information content (AvgIpc) is 2.46. The third-order valence-corrected chi connectivity index (χ3v) is 3.60. The lowest BCUT2D eigenvalue weighted by molar-refractivity contribution is 0.0938. The minimum absolute atomic E-state index is 0.0164. The van der Waals surface area contributed by atoms with Crippen molar-refractivity contribution >= 4 is 29.0 Å². The molecular weight excluding hydrogens is 305 g/mol. The minimum Gasteiger partial charge on any atom is -0.301 e. The Hall–Kier alpha value is -1.35. The van der Waals surface area contributed by atoms with Gasteiger partial charge in [0, 0.05) is 21.7 Å². The van der Waals surface area contributed by atoms with Gasteiger partial charge in [-0.3, -0.25) is 4.79 Å². The van der Waals surface area contributed by atoms with Gasteiger partial charge in [-0.1, -0.05) is 35.3 Å². The van der Waals surface area contributed by atoms with Crippen molar-refractivity contribution in [2.24, 2.45) is 0 Å². The number of carbonyl (C=O) groups is 1. The first-order valence-electron chi connectivity index (χ1n) is 6.78. The first kappa shape index (κ1) is 16.0. The number of benzene rings is 2. The number of halogens is 2. The van der Waals surface area contributed by atoms with E-state index in [1.54, 1.807) is 36.4 Å². The fraction of sp³-hybridized carbons (Fsp3) is 0.235. The highest BCUT2D eigenvalue weighted by Gasteiger charge is 2.22. The fourth-order valence-corrected chi connectivity index (χ4v) is 2.34. The molecular formula is C17H17Cl2NO. The van der Waals surface area contributed by atoms with E-state index in [0.29, 0.717) is 15.6 Å². The Labute approximate surface area is 135 Å². The molecule has 1 unspecified atom stereocenters. The van der Waals surface area contributed by atoms with Gasteiger partial charge in [0.05, 0.1) is 6.04 Å². The zero-order valence-corrected chi connectivity index (χ0v) is 13.4. The molecule has 0 fully saturated rings. The van der Waals surface area contributed by atoms with Crippen LogP contribution in [0.3, 0.4) is 0 Å². The second-order valence-corrected chi connectivity index (χ2v) is 6.05. The lowest BCUT2D eigenvalue weighted by atomic mass is 9.97. The van der Waals surface area contributed by atoms with Crippen molar-refractivity contribution in [1.29, 1.82) is 0 Å². The van der Waals surface area contributed by atoms with Crippen molar-refractivity contribution in [2.45, 2.75) is 25.9 Å². The van der Waals surface area contributed by atoms with Crippen LogP contribution in [0.2, 0.25) is 10.0 Å². The summed E-state index contributed by atoms with van der Waals surface area (Å²) in [4.78, 5) is 12.7. The fourth-order valence-electron chi connectivity index (χ4n) is 2.09. The quantitative estimate of drug-likeness (QED) is 0.792. The molecule has 2 aromatic rings. The van der Waals surface area contributed by atoms with Crippen LogP contribution < -0.4 is 5.32 Å². The number of rotatable bonds is 5. The van der Waals surface area contributed by atoms with Gasteiger partial charge in [-0.05, 0) is 55.8 Å². The van der Waals surface area contributed by atoms with Crippen LogP contribution in [-0.4, -0.2) is 11.8 Å². The number of nitrogens with one attached hydrogen (secondary N) is 1. The maximum atomic E-state index is 12.7. The van der Waals surface area contributed by atoms with Crippen LogP contribution in [0.4, 0.5) is 0 Å². The Morgan fingerprint density at radius 2 is 1.38 bits per heavy atom. The van der Waals surface area contributed by atoms with Gasteiger partial charge in [0.2, 0.25) is 0 Å². The van der Waals surface area contributed by atoms with E-state index in [2.05, 4.69) is 5.32 Å². The van der Waals surface area contributed by atoms with Crippen molar-refractivity contribution in [1.82, 2.24) is 5.32 Å². The normalized spacial score (nSPS) is 12.4. The summed E-state index contributed by atoms with van der Waals surface area (Å²) >= 11 is 11.8. The predicted octanol–water partition coefficient (Wildman–Crippen LogP) is 4.92. The molecule has 0 aliphatic rings. The summed E-state index contributed by atoms with van der Waals surface area (Å²) in [6.45, 7) is 4.02. The molecule has 0 saturated heterocycles. The summed E-state index contributed by atoms with van der Waals surface area (Å²) < 4.78 is 0. The van der Waals surface area contributed by atoms with E-state index in [1.165, 1.54) is 0 Å². The van der Waals surface area contributed by atoms with Gasteiger partial charge in [-0.25, -0.2) is 0 Å². The van der Waals surface area contributed by atoms with E-state index in [0.717, 1.165) is 5.56 Å². The summed E-state index contributed by atoms with van der Waals surface area (Å²) in [5.74, 6) is 0.0164. The molecule has 0 bridgehead atoms. The van der Waals surface area contributed by atoms with Crippen molar-refractivity contribution < 1.29 is 4.79 Å². The van der Waals surface area contributed by atoms with Crippen molar-refractivity contribution in [2.75, 3.05) is 0 Å². The van der Waals surface area contributed by atoms with Gasteiger partial charge in [0.25, 0.3) is 0 Å². The SMILES string of the molecule is CC(C)NC(C(=O)c1ccc(Cl)cc1)c1ccc(Cl)cc1. The predicted molar refractivity (Wildman–Crippen MR) is 88.2 cm³/mol. The lowest BCUT2D eigenvalue weighted by Crippen LogP contribution is -2.33. The molecule has 2 nitrogen and oxygen atoms in total. The smallest absolute Gasteiger partial charge is 0.184 e. The molecule has 0 aliphatic carbocycles. The molecule has 1 N–H and O–H groups in total. The van der Waals surface area contributed by atoms with Crippen LogP contribution in [-0.2, 0) is 0 Å². The van der Waals surface area contributed by atoms with Crippen LogP contribution in [0.1, 0.15) is 35.8 Å². The second kappa shape index (κ2) is 7.08. The number of hydrogen-bond donors (Lipinski definition) is 1. The Kier molecular flexibility index (Phi) is 5.40. The highest BCUT2D eigenvalue weighted by atomic mass is 35.5. The zero-order valence-electron chi connectivity index (χ0n) is 11.9. The van der Waals surface area contributed by atoms with E-state index >= 15 is 0 Å². The average molecular weight is 322 g/mol. The van der Waals surface area contributed by atoms with Gasteiger partial charge < -0.3 is 5.32 Å². The molecule has 0 heterocycles. The molecule has 0 radical (unpaired) electrons. The number of Topliss-reactive ketones (excluding diaryl/α,β-unsaturated/α-hetero) is 1. The summed E-state index contributed by atoms with van der Waals surface area (Å²) in [6.07, 6.45) is 0. The number of ketones is 1. The molecule has 0 spiro atoms. The van der Waals surface area contributed by atoms with E-state index in [4.69, 9.17) is 23.2 Å². The number of carbonyl (C=O) groups excluding carboxylic acids is 1. The lowest BCUT2D eigenvalue weighted by Gasteiger charge is -2.21. The van der Waals surface area contributed by atoms with Gasteiger partial charge in [-0.2, -0.15) is 0 Å². The summed E-state index contributed by atoms with van der Waals surface area (Å²) in [5.41, 5.74) is 1.53. The van der Waals surface area contributed by atoms with Gasteiger partial charge in [0.1, 0.15) is 0 Å². The van der Waals surface area contributed by atoms with Crippen LogP contribution in [0.5, 0.6) is 0 Å². The van der Waals surface area contributed by atoms with Crippen LogP contribution in [0, 0.1) is 0 Å². The first-order chi connectivity index (χ1) is 9.97. The largest absolute Gasteiger partial charge is 0.301 e. The molecule has 2 aromatic carbocycles. The summed E-state index contributed by atoms with van der Waals surface area (Å²) in [5, 5.41) is 4.57. The molecule has 4 heteroatoms. The summed E-state index contributed by atoms with van der Waals surface area (Å²) in [6, 6.07) is 14.1. The van der Waals surface area contributed by atoms with Gasteiger partial charge in [-0.15, -0.1) is 0 Å². The van der Waals surface area contributed by atoms with Crippen molar-refractivity contribution in [3.8, 4) is 0 Å². The Morgan fingerprint density at radius 3 is 1.86 bits per heavy atom. The van der Waals surface area contributed by atoms with Crippen LogP contribution in [0.25, 0.3) is 0 Å². The summed E-state index contributed by atoms with van der Waals surface area (Å²) in [7, 11) is 0. The highest BCUT2D eigenvalue weighted by Crippen LogP contribution is 2.22. The standard InChI is InChI=1S/C17H17Cl2NO/c1-11(2)20-16(12-3-7-14(18)8-4-12)17(21)13-5-9-15(19)10-6-13/h3-11,16,20H,1-2H3. The molecule has 0 aromatic heterocycles. The maximum Gasteiger partial charge on any atom is 0.184 e. The monoisotopic (exact) mass is 321 g/mol. The number of hydrogen-bond acceptors (Lipinski definition) is 2. The van der Waals surface area contributed by atoms with Crippen LogP contribution in [0.15, 0.2) is 48.5 Å². The van der Waals surface area contributed by atoms with E-state index in [-0.39, 0.29) is 11.8 Å². The first-order valence-corrected chi connectivity index (χ1v) is 7.54. The molecule has 2 rings (SSSR count). The molecule has 0 amide bonds. The second-order valence-electron chi connectivity index (χ2n) is 5.18. The molecule has 21 heavy (non-hydrogen) atoms. The van der Waals surface area contributed by atoms with Gasteiger partial charge >= 0.3 is 0 Å². The van der Waals surface area contributed by atoms with E-state index in [9.17, 15) is 4.79 Å². The highest BCUT2D eigenvalue weighted by molar-refractivity contribution is 6.31. The van der Waals surface area contributed by atoms with E-state index in [1.807, 2.05) is 26.0 Å². The maximum absolute atomic E-state index is 12.7. The van der Waals surface area contributed by atoms with Crippen molar-refractivity contribution in [3.05, 3.63) is 69.7 Å². The minimum atomic E-state index is -0.400. The Morgan fingerprint density at radius 1 is 0.905 bits per heavy atom. The Bertz CT molecular complexity index is 606. The van der Waals surface area contributed by atoms with Crippen molar-refractivity contribution in [3.63, 3.8) is 0 Å². The topological polar surface area (TPSA) is 29.1 Å². The third kappa shape index (κ3) is 4.31. The van der Waals surface area contributed by atoms with E-state index < -0.39 is 6.04 Å². The van der Waals surface area contributed by atoms with Gasteiger partial charge in [0.15, 0.2) is 5.78 Å². The molecule has 110 valence electrons.